The zero-order valence-corrected chi connectivity index (χ0v) is 8.30. The molecule has 3 heteroatoms. The zero-order valence-electron chi connectivity index (χ0n) is 8.30. The van der Waals surface area contributed by atoms with Crippen molar-refractivity contribution in [1.29, 1.82) is 0 Å². The van der Waals surface area contributed by atoms with Crippen LogP contribution in [0.2, 0.25) is 0 Å². The monoisotopic (exact) mass is 173 g/mol. The highest BCUT2D eigenvalue weighted by Crippen LogP contribution is 1.90. The number of carbonyl (C=O) groups excluding carboxylic acids is 1. The first-order valence-electron chi connectivity index (χ1n) is 4.61. The molecule has 12 heavy (non-hydrogen) atoms. The van der Waals surface area contributed by atoms with Crippen molar-refractivity contribution in [1.82, 2.24) is 4.90 Å². The number of carbonyl (C=O) groups is 1. The van der Waals surface area contributed by atoms with E-state index in [0.717, 1.165) is 19.5 Å². The highest BCUT2D eigenvalue weighted by molar-refractivity contribution is 5.77. The Morgan fingerprint density at radius 2 is 1.83 bits per heavy atom. The Bertz CT molecular complexity index is 122. The topological polar surface area (TPSA) is 29.5 Å². The molecule has 0 N–H and O–H groups in total. The molecule has 0 saturated heterocycles. The van der Waals surface area contributed by atoms with Crippen molar-refractivity contribution in [2.75, 3.05) is 26.3 Å². The first-order valence-corrected chi connectivity index (χ1v) is 4.61. The lowest BCUT2D eigenvalue weighted by atomic mass is 10.4. The molecule has 0 bridgehead atoms. The van der Waals surface area contributed by atoms with Crippen LogP contribution in [0.3, 0.4) is 0 Å². The molecule has 3 nitrogen and oxygen atoms in total. The molecule has 0 atom stereocenters. The predicted molar refractivity (Wildman–Crippen MR) is 49.0 cm³/mol. The molecule has 0 heterocycles. The summed E-state index contributed by atoms with van der Waals surface area (Å²) in [6.45, 7) is 8.42. The van der Waals surface area contributed by atoms with Gasteiger partial charge in [0.25, 0.3) is 0 Å². The first-order chi connectivity index (χ1) is 5.76. The van der Waals surface area contributed by atoms with Crippen molar-refractivity contribution < 1.29 is 9.53 Å². The van der Waals surface area contributed by atoms with E-state index < -0.39 is 0 Å². The van der Waals surface area contributed by atoms with Gasteiger partial charge < -0.3 is 9.64 Å². The van der Waals surface area contributed by atoms with Crippen LogP contribution in [0.5, 0.6) is 0 Å². The van der Waals surface area contributed by atoms with Gasteiger partial charge in [-0.2, -0.15) is 0 Å². The maximum Gasteiger partial charge on any atom is 0.248 e. The molecule has 0 aliphatic heterocycles. The third-order valence-electron chi connectivity index (χ3n) is 1.69. The maximum absolute atomic E-state index is 11.3. The largest absolute Gasteiger partial charge is 0.372 e. The normalized spacial score (nSPS) is 9.92. The van der Waals surface area contributed by atoms with Gasteiger partial charge in [-0.15, -0.1) is 0 Å². The van der Waals surface area contributed by atoms with Crippen molar-refractivity contribution >= 4 is 5.91 Å². The van der Waals surface area contributed by atoms with Crippen molar-refractivity contribution in [3.05, 3.63) is 0 Å². The van der Waals surface area contributed by atoms with Gasteiger partial charge in [-0.25, -0.2) is 0 Å². The van der Waals surface area contributed by atoms with E-state index in [-0.39, 0.29) is 12.5 Å². The van der Waals surface area contributed by atoms with Gasteiger partial charge in [0.05, 0.1) is 0 Å². The van der Waals surface area contributed by atoms with Crippen LogP contribution >= 0.6 is 0 Å². The third kappa shape index (κ3) is 4.34. The molecule has 1 amide bonds. The van der Waals surface area contributed by atoms with E-state index in [1.807, 2.05) is 20.8 Å². The number of rotatable bonds is 6. The van der Waals surface area contributed by atoms with Gasteiger partial charge in [-0.3, -0.25) is 4.79 Å². The molecule has 0 aromatic rings. The van der Waals surface area contributed by atoms with Crippen molar-refractivity contribution in [2.45, 2.75) is 27.2 Å². The highest BCUT2D eigenvalue weighted by Gasteiger charge is 2.07. The summed E-state index contributed by atoms with van der Waals surface area (Å²) in [7, 11) is 0. The second-order valence-corrected chi connectivity index (χ2v) is 2.62. The summed E-state index contributed by atoms with van der Waals surface area (Å²) in [6, 6.07) is 0. The summed E-state index contributed by atoms with van der Waals surface area (Å²) in [6.07, 6.45) is 0.964. The van der Waals surface area contributed by atoms with E-state index in [2.05, 4.69) is 0 Å². The van der Waals surface area contributed by atoms with Gasteiger partial charge in [-0.1, -0.05) is 6.92 Å². The molecular formula is C9H19NO2. The van der Waals surface area contributed by atoms with Gasteiger partial charge in [0.15, 0.2) is 0 Å². The summed E-state index contributed by atoms with van der Waals surface area (Å²) in [4.78, 5) is 13.1. The smallest absolute Gasteiger partial charge is 0.248 e. The minimum absolute atomic E-state index is 0.0912. The lowest BCUT2D eigenvalue weighted by molar-refractivity contribution is -0.135. The highest BCUT2D eigenvalue weighted by atomic mass is 16.5. The standard InChI is InChI=1S/C9H19NO2/c1-4-7-12-8-9(11)10(5-2)6-3/h4-8H2,1-3H3. The Morgan fingerprint density at radius 1 is 1.25 bits per heavy atom. The Hall–Kier alpha value is -0.570. The average Bonchev–Trinajstić information content (AvgIpc) is 2.07. The molecule has 0 aliphatic carbocycles. The quantitative estimate of drug-likeness (QED) is 0.566. The van der Waals surface area contributed by atoms with Gasteiger partial charge in [0, 0.05) is 19.7 Å². The molecule has 0 radical (unpaired) electrons. The Morgan fingerprint density at radius 3 is 2.25 bits per heavy atom. The second kappa shape index (κ2) is 7.10. The number of likely N-dealkylation sites (N-methyl/N-ethyl adjacent to an activating group) is 1. The Labute approximate surface area is 74.7 Å². The Kier molecular flexibility index (Phi) is 6.76. The van der Waals surface area contributed by atoms with E-state index in [4.69, 9.17) is 4.74 Å². The lowest BCUT2D eigenvalue weighted by Gasteiger charge is -2.18. The van der Waals surface area contributed by atoms with Gasteiger partial charge >= 0.3 is 0 Å². The Balaban J connectivity index is 3.54. The van der Waals surface area contributed by atoms with Crippen molar-refractivity contribution in [3.8, 4) is 0 Å². The molecule has 0 fully saturated rings. The summed E-state index contributed by atoms with van der Waals surface area (Å²) in [5.74, 6) is 0.0912. The van der Waals surface area contributed by atoms with Gasteiger partial charge in [-0.05, 0) is 20.3 Å². The van der Waals surface area contributed by atoms with Crippen molar-refractivity contribution in [2.24, 2.45) is 0 Å². The van der Waals surface area contributed by atoms with Gasteiger partial charge in [0.2, 0.25) is 5.91 Å². The average molecular weight is 173 g/mol. The SMILES string of the molecule is CCCOCC(=O)N(CC)CC. The van der Waals surface area contributed by atoms with Crippen LogP contribution < -0.4 is 0 Å². The van der Waals surface area contributed by atoms with E-state index in [1.54, 1.807) is 4.90 Å². The minimum Gasteiger partial charge on any atom is -0.372 e. The summed E-state index contributed by atoms with van der Waals surface area (Å²) >= 11 is 0. The second-order valence-electron chi connectivity index (χ2n) is 2.62. The van der Waals surface area contributed by atoms with E-state index in [0.29, 0.717) is 6.61 Å². The van der Waals surface area contributed by atoms with Crippen LogP contribution in [0.25, 0.3) is 0 Å². The van der Waals surface area contributed by atoms with Gasteiger partial charge in [0.1, 0.15) is 6.61 Å². The van der Waals surface area contributed by atoms with Crippen LogP contribution in [0.4, 0.5) is 0 Å². The fraction of sp³-hybridized carbons (Fsp3) is 0.889. The van der Waals surface area contributed by atoms with E-state index >= 15 is 0 Å². The predicted octanol–water partition coefficient (Wildman–Crippen LogP) is 1.28. The zero-order chi connectivity index (χ0) is 9.40. The molecule has 0 spiro atoms. The molecule has 0 aliphatic rings. The number of hydrogen-bond donors (Lipinski definition) is 0. The number of nitrogens with zero attached hydrogens (tertiary/aromatic N) is 1. The molecule has 72 valence electrons. The van der Waals surface area contributed by atoms with Crippen LogP contribution in [-0.4, -0.2) is 37.1 Å². The number of ether oxygens (including phenoxy) is 1. The number of amides is 1. The maximum atomic E-state index is 11.3. The lowest BCUT2D eigenvalue weighted by Crippen LogP contribution is -2.33. The minimum atomic E-state index is 0.0912. The molecular weight excluding hydrogens is 154 g/mol. The molecule has 0 saturated carbocycles. The molecule has 0 rings (SSSR count). The van der Waals surface area contributed by atoms with Crippen LogP contribution in [0.15, 0.2) is 0 Å². The molecule has 0 aromatic carbocycles. The van der Waals surface area contributed by atoms with Crippen molar-refractivity contribution in [3.63, 3.8) is 0 Å². The van der Waals surface area contributed by atoms with E-state index in [1.165, 1.54) is 0 Å². The van der Waals surface area contributed by atoms with Crippen LogP contribution in [0, 0.1) is 0 Å². The summed E-state index contributed by atoms with van der Waals surface area (Å²) < 4.78 is 5.14. The molecule has 0 unspecified atom stereocenters. The third-order valence-corrected chi connectivity index (χ3v) is 1.69. The summed E-state index contributed by atoms with van der Waals surface area (Å²) in [5.41, 5.74) is 0. The fourth-order valence-corrected chi connectivity index (χ4v) is 0.971. The summed E-state index contributed by atoms with van der Waals surface area (Å²) in [5, 5.41) is 0. The van der Waals surface area contributed by atoms with E-state index in [9.17, 15) is 4.79 Å². The molecule has 0 aromatic heterocycles. The number of hydrogen-bond acceptors (Lipinski definition) is 2. The van der Waals surface area contributed by atoms with Crippen LogP contribution in [-0.2, 0) is 9.53 Å². The fourth-order valence-electron chi connectivity index (χ4n) is 0.971. The van der Waals surface area contributed by atoms with Crippen LogP contribution in [0.1, 0.15) is 27.2 Å². The first kappa shape index (κ1) is 11.4.